The van der Waals surface area contributed by atoms with Gasteiger partial charge in [0, 0.05) is 18.6 Å². The molecule has 2 saturated carbocycles. The molecule has 2 fully saturated rings. The maximum absolute atomic E-state index is 12.7. The van der Waals surface area contributed by atoms with Crippen molar-refractivity contribution in [1.82, 2.24) is 10.0 Å². The molecular weight excluding hydrogens is 284 g/mol. The minimum absolute atomic E-state index is 0.0828. The molecule has 1 aromatic carbocycles. The molecule has 0 bridgehead atoms. The van der Waals surface area contributed by atoms with E-state index in [1.54, 1.807) is 12.1 Å². The average Bonchev–Trinajstić information content (AvgIpc) is 3.21. The van der Waals surface area contributed by atoms with Gasteiger partial charge in [-0.05, 0) is 43.2 Å². The first kappa shape index (κ1) is 15.0. The Morgan fingerprint density at radius 1 is 1.14 bits per heavy atom. The monoisotopic (exact) mass is 308 g/mol. The molecule has 0 heterocycles. The van der Waals surface area contributed by atoms with Crippen LogP contribution in [0, 0.1) is 5.92 Å². The van der Waals surface area contributed by atoms with Crippen molar-refractivity contribution in [1.29, 1.82) is 0 Å². The lowest BCUT2D eigenvalue weighted by atomic mass is 10.1. The highest BCUT2D eigenvalue weighted by Gasteiger charge is 2.29. The number of hydrogen-bond donors (Lipinski definition) is 2. The third kappa shape index (κ3) is 3.65. The van der Waals surface area contributed by atoms with Crippen molar-refractivity contribution in [2.24, 2.45) is 5.92 Å². The minimum Gasteiger partial charge on any atom is -0.310 e. The van der Waals surface area contributed by atoms with Crippen molar-refractivity contribution in [2.75, 3.05) is 0 Å². The Bertz CT molecular complexity index is 596. The highest BCUT2D eigenvalue weighted by atomic mass is 32.2. The van der Waals surface area contributed by atoms with Gasteiger partial charge >= 0.3 is 0 Å². The highest BCUT2D eigenvalue weighted by molar-refractivity contribution is 7.89. The quantitative estimate of drug-likeness (QED) is 0.848. The summed E-state index contributed by atoms with van der Waals surface area (Å²) in [4.78, 5) is 0.428. The van der Waals surface area contributed by atoms with Crippen LogP contribution in [0.25, 0.3) is 0 Å². The van der Waals surface area contributed by atoms with Crippen molar-refractivity contribution in [3.63, 3.8) is 0 Å². The molecule has 116 valence electrons. The Labute approximate surface area is 127 Å². The number of benzene rings is 1. The summed E-state index contributed by atoms with van der Waals surface area (Å²) in [5, 5.41) is 3.40. The van der Waals surface area contributed by atoms with Crippen LogP contribution < -0.4 is 10.0 Å². The van der Waals surface area contributed by atoms with Crippen LogP contribution in [0.4, 0.5) is 0 Å². The fourth-order valence-corrected chi connectivity index (χ4v) is 4.66. The average molecular weight is 308 g/mol. The summed E-state index contributed by atoms with van der Waals surface area (Å²) in [6, 6.07) is 7.98. The van der Waals surface area contributed by atoms with E-state index in [9.17, 15) is 8.42 Å². The zero-order chi connectivity index (χ0) is 14.9. The second kappa shape index (κ2) is 6.07. The first-order chi connectivity index (χ1) is 10.1. The van der Waals surface area contributed by atoms with E-state index in [1.165, 1.54) is 12.8 Å². The van der Waals surface area contributed by atoms with Gasteiger partial charge in [-0.2, -0.15) is 0 Å². The molecule has 2 aliphatic rings. The van der Waals surface area contributed by atoms with Crippen LogP contribution >= 0.6 is 0 Å². The summed E-state index contributed by atoms with van der Waals surface area (Å²) in [6.45, 7) is 2.75. The molecule has 2 unspecified atom stereocenters. The predicted octanol–water partition coefficient (Wildman–Crippen LogP) is 2.41. The fraction of sp³-hybridized carbons (Fsp3) is 0.625. The van der Waals surface area contributed by atoms with Gasteiger partial charge in [0.05, 0.1) is 4.90 Å². The Morgan fingerprint density at radius 2 is 1.90 bits per heavy atom. The van der Waals surface area contributed by atoms with Crippen LogP contribution in [0.1, 0.15) is 44.6 Å². The van der Waals surface area contributed by atoms with Gasteiger partial charge < -0.3 is 5.32 Å². The standard InChI is InChI=1S/C16H24N2O2S/c1-12-5-4-7-15(12)18-21(19,20)16-8-3-2-6-13(16)11-17-14-9-10-14/h2-3,6,8,12,14-15,17-18H,4-5,7,9-11H2,1H3. The topological polar surface area (TPSA) is 58.2 Å². The lowest BCUT2D eigenvalue weighted by Crippen LogP contribution is -2.37. The first-order valence-corrected chi connectivity index (χ1v) is 9.38. The van der Waals surface area contributed by atoms with Gasteiger partial charge in [-0.25, -0.2) is 13.1 Å². The normalized spacial score (nSPS) is 26.1. The second-order valence-electron chi connectivity index (χ2n) is 6.40. The number of rotatable bonds is 6. The molecule has 0 amide bonds. The van der Waals surface area contributed by atoms with E-state index in [0.29, 0.717) is 23.4 Å². The van der Waals surface area contributed by atoms with Crippen LogP contribution in [0.5, 0.6) is 0 Å². The lowest BCUT2D eigenvalue weighted by Gasteiger charge is -2.19. The maximum atomic E-state index is 12.7. The van der Waals surface area contributed by atoms with Crippen LogP contribution in [0.3, 0.4) is 0 Å². The summed E-state index contributed by atoms with van der Waals surface area (Å²) < 4.78 is 28.3. The van der Waals surface area contributed by atoms with Crippen molar-refractivity contribution in [3.8, 4) is 0 Å². The zero-order valence-corrected chi connectivity index (χ0v) is 13.3. The Hall–Kier alpha value is -0.910. The molecule has 0 spiro atoms. The summed E-state index contributed by atoms with van der Waals surface area (Å²) >= 11 is 0. The lowest BCUT2D eigenvalue weighted by molar-refractivity contribution is 0.476. The highest BCUT2D eigenvalue weighted by Crippen LogP contribution is 2.27. The van der Waals surface area contributed by atoms with Gasteiger partial charge in [-0.3, -0.25) is 0 Å². The molecule has 2 aliphatic carbocycles. The van der Waals surface area contributed by atoms with Gasteiger partial charge in [0.15, 0.2) is 0 Å². The summed E-state index contributed by atoms with van der Waals surface area (Å²) in [7, 11) is -3.42. The van der Waals surface area contributed by atoms with Crippen LogP contribution in [-0.4, -0.2) is 20.5 Å². The van der Waals surface area contributed by atoms with E-state index in [2.05, 4.69) is 17.0 Å². The molecule has 1 aromatic rings. The number of nitrogens with one attached hydrogen (secondary N) is 2. The molecule has 0 saturated heterocycles. The first-order valence-electron chi connectivity index (χ1n) is 7.90. The van der Waals surface area contributed by atoms with Crippen molar-refractivity contribution < 1.29 is 8.42 Å². The van der Waals surface area contributed by atoms with Gasteiger partial charge in [0.2, 0.25) is 10.0 Å². The molecule has 4 nitrogen and oxygen atoms in total. The van der Waals surface area contributed by atoms with Crippen LogP contribution in [0.2, 0.25) is 0 Å². The van der Waals surface area contributed by atoms with Crippen molar-refractivity contribution in [2.45, 2.75) is 62.6 Å². The van der Waals surface area contributed by atoms with E-state index < -0.39 is 10.0 Å². The van der Waals surface area contributed by atoms with Gasteiger partial charge in [0.1, 0.15) is 0 Å². The number of sulfonamides is 1. The molecule has 3 rings (SSSR count). The third-order valence-electron chi connectivity index (χ3n) is 4.59. The molecule has 0 aromatic heterocycles. The van der Waals surface area contributed by atoms with E-state index >= 15 is 0 Å². The molecule has 0 aliphatic heterocycles. The minimum atomic E-state index is -3.42. The molecule has 2 N–H and O–H groups in total. The largest absolute Gasteiger partial charge is 0.310 e. The third-order valence-corrected chi connectivity index (χ3v) is 6.18. The maximum Gasteiger partial charge on any atom is 0.241 e. The van der Waals surface area contributed by atoms with E-state index in [1.807, 2.05) is 12.1 Å². The fourth-order valence-electron chi connectivity index (χ4n) is 3.04. The van der Waals surface area contributed by atoms with Crippen molar-refractivity contribution in [3.05, 3.63) is 29.8 Å². The summed E-state index contributed by atoms with van der Waals surface area (Å²) in [5.41, 5.74) is 0.863. The predicted molar refractivity (Wildman–Crippen MR) is 83.4 cm³/mol. The summed E-state index contributed by atoms with van der Waals surface area (Å²) in [6.07, 6.45) is 5.57. The molecule has 2 atom stereocenters. The van der Waals surface area contributed by atoms with Crippen molar-refractivity contribution >= 4 is 10.0 Å². The van der Waals surface area contributed by atoms with E-state index in [4.69, 9.17) is 0 Å². The molecule has 21 heavy (non-hydrogen) atoms. The molecule has 5 heteroatoms. The Balaban J connectivity index is 1.76. The van der Waals surface area contributed by atoms with Crippen LogP contribution in [0.15, 0.2) is 29.2 Å². The SMILES string of the molecule is CC1CCCC1NS(=O)(=O)c1ccccc1CNC1CC1. The summed E-state index contributed by atoms with van der Waals surface area (Å²) in [5.74, 6) is 0.427. The number of hydrogen-bond acceptors (Lipinski definition) is 3. The van der Waals surface area contributed by atoms with Crippen LogP contribution in [-0.2, 0) is 16.6 Å². The molecule has 0 radical (unpaired) electrons. The van der Waals surface area contributed by atoms with Gasteiger partial charge in [0.25, 0.3) is 0 Å². The smallest absolute Gasteiger partial charge is 0.241 e. The van der Waals surface area contributed by atoms with E-state index in [0.717, 1.165) is 24.8 Å². The van der Waals surface area contributed by atoms with E-state index in [-0.39, 0.29) is 6.04 Å². The van der Waals surface area contributed by atoms with Gasteiger partial charge in [-0.15, -0.1) is 0 Å². The molecular formula is C16H24N2O2S. The Morgan fingerprint density at radius 3 is 2.57 bits per heavy atom. The second-order valence-corrected chi connectivity index (χ2v) is 8.08. The van der Waals surface area contributed by atoms with Gasteiger partial charge in [-0.1, -0.05) is 31.5 Å². The Kier molecular flexibility index (Phi) is 4.33. The zero-order valence-electron chi connectivity index (χ0n) is 12.5.